The molecule has 0 saturated carbocycles. The highest BCUT2D eigenvalue weighted by atomic mass is 32.2. The molecule has 0 fully saturated rings. The van der Waals surface area contributed by atoms with Crippen molar-refractivity contribution in [1.29, 1.82) is 0 Å². The third kappa shape index (κ3) is 2.05. The fourth-order valence-corrected chi connectivity index (χ4v) is 2.78. The largest absolute Gasteiger partial charge is 0.397 e. The number of benzene rings is 1. The summed E-state index contributed by atoms with van der Waals surface area (Å²) in [5.74, 6) is 0. The molecule has 0 aliphatic carbocycles. The summed E-state index contributed by atoms with van der Waals surface area (Å²) in [5, 5.41) is 14.7. The van der Waals surface area contributed by atoms with Crippen molar-refractivity contribution in [3.05, 3.63) is 22.6 Å². The van der Waals surface area contributed by atoms with E-state index in [0.29, 0.717) is 28.4 Å². The molecule has 3 rings (SSSR count). The lowest BCUT2D eigenvalue weighted by molar-refractivity contribution is 0.315. The summed E-state index contributed by atoms with van der Waals surface area (Å²) in [6, 6.07) is 3.53. The first-order valence-electron chi connectivity index (χ1n) is 6.04. The molecule has 104 valence electrons. The fraction of sp³-hybridized carbons (Fsp3) is 0.273. The van der Waals surface area contributed by atoms with Gasteiger partial charge >= 0.3 is 5.69 Å². The quantitative estimate of drug-likeness (QED) is 0.695. The fourth-order valence-electron chi connectivity index (χ4n) is 1.85. The van der Waals surface area contributed by atoms with Crippen LogP contribution in [-0.4, -0.2) is 25.1 Å². The number of fused-ring (bicyclic) bond motifs is 1. The zero-order valence-corrected chi connectivity index (χ0v) is 11.5. The Morgan fingerprint density at radius 3 is 3.00 bits per heavy atom. The van der Waals surface area contributed by atoms with Crippen LogP contribution in [0.5, 0.6) is 0 Å². The van der Waals surface area contributed by atoms with E-state index in [2.05, 4.69) is 20.5 Å². The van der Waals surface area contributed by atoms with Gasteiger partial charge in [-0.3, -0.25) is 4.57 Å². The van der Waals surface area contributed by atoms with Gasteiger partial charge in [0.1, 0.15) is 0 Å². The van der Waals surface area contributed by atoms with Gasteiger partial charge in [-0.1, -0.05) is 6.92 Å². The molecule has 3 N–H and O–H groups in total. The van der Waals surface area contributed by atoms with Crippen LogP contribution in [0, 0.1) is 0 Å². The molecule has 3 aromatic rings. The smallest absolute Gasteiger partial charge is 0.343 e. The number of nitrogens with two attached hydrogens (primary N) is 1. The number of anilines is 1. The molecule has 0 aliphatic rings. The van der Waals surface area contributed by atoms with Crippen molar-refractivity contribution in [3.63, 3.8) is 0 Å². The van der Waals surface area contributed by atoms with Crippen molar-refractivity contribution in [3.8, 4) is 0 Å². The number of nitrogen functional groups attached to an aromatic ring is 1. The number of rotatable bonds is 4. The maximum atomic E-state index is 11.7. The second-order valence-corrected chi connectivity index (χ2v) is 5.19. The molecular formula is C11H12N6O2S. The predicted molar refractivity (Wildman–Crippen MR) is 73.5 cm³/mol. The normalized spacial score (nSPS) is 11.2. The van der Waals surface area contributed by atoms with E-state index in [0.717, 1.165) is 11.3 Å². The number of H-pyrrole nitrogens is 1. The van der Waals surface area contributed by atoms with Crippen LogP contribution >= 0.6 is 11.8 Å². The van der Waals surface area contributed by atoms with Gasteiger partial charge in [-0.25, -0.2) is 14.5 Å². The van der Waals surface area contributed by atoms with Crippen LogP contribution in [-0.2, 0) is 6.54 Å². The Kier molecular flexibility index (Phi) is 3.18. The lowest BCUT2D eigenvalue weighted by Gasteiger charge is -2.04. The Morgan fingerprint density at radius 2 is 2.20 bits per heavy atom. The van der Waals surface area contributed by atoms with Gasteiger partial charge in [-0.15, -0.1) is 5.10 Å². The summed E-state index contributed by atoms with van der Waals surface area (Å²) < 4.78 is 6.30. The van der Waals surface area contributed by atoms with Gasteiger partial charge in [0.2, 0.25) is 0 Å². The van der Waals surface area contributed by atoms with E-state index in [1.165, 1.54) is 11.8 Å². The van der Waals surface area contributed by atoms with Crippen molar-refractivity contribution in [2.45, 2.75) is 29.9 Å². The Hall–Kier alpha value is -2.29. The molecule has 1 aromatic carbocycles. The maximum Gasteiger partial charge on any atom is 0.343 e. The molecule has 9 heteroatoms. The van der Waals surface area contributed by atoms with E-state index in [-0.39, 0.29) is 5.69 Å². The van der Waals surface area contributed by atoms with Crippen LogP contribution < -0.4 is 11.4 Å². The van der Waals surface area contributed by atoms with E-state index < -0.39 is 0 Å². The molecule has 20 heavy (non-hydrogen) atoms. The predicted octanol–water partition coefficient (Wildman–Crippen LogP) is 1.25. The zero-order valence-electron chi connectivity index (χ0n) is 10.7. The summed E-state index contributed by atoms with van der Waals surface area (Å²) >= 11 is 1.32. The zero-order chi connectivity index (χ0) is 14.1. The van der Waals surface area contributed by atoms with E-state index in [1.807, 2.05) is 13.0 Å². The minimum absolute atomic E-state index is 0.223. The number of aromatic nitrogens is 5. The first-order chi connectivity index (χ1) is 9.70. The number of aromatic amines is 1. The molecule has 0 spiro atoms. The molecule has 8 nitrogen and oxygen atoms in total. The Balaban J connectivity index is 2.04. The third-order valence-electron chi connectivity index (χ3n) is 2.78. The maximum absolute atomic E-state index is 11.7. The highest BCUT2D eigenvalue weighted by Gasteiger charge is 2.15. The monoisotopic (exact) mass is 292 g/mol. The lowest BCUT2D eigenvalue weighted by atomic mass is 10.3. The van der Waals surface area contributed by atoms with Crippen molar-refractivity contribution in [2.24, 2.45) is 0 Å². The summed E-state index contributed by atoms with van der Waals surface area (Å²) in [7, 11) is 0. The minimum Gasteiger partial charge on any atom is -0.397 e. The van der Waals surface area contributed by atoms with E-state index >= 15 is 0 Å². The Labute approximate surface area is 117 Å². The number of nitrogens with one attached hydrogen (secondary N) is 1. The lowest BCUT2D eigenvalue weighted by Crippen LogP contribution is -2.17. The summed E-state index contributed by atoms with van der Waals surface area (Å²) in [5.41, 5.74) is 7.14. The van der Waals surface area contributed by atoms with Crippen molar-refractivity contribution in [1.82, 2.24) is 25.1 Å². The van der Waals surface area contributed by atoms with Crippen molar-refractivity contribution >= 4 is 28.5 Å². The van der Waals surface area contributed by atoms with E-state index in [1.54, 1.807) is 10.6 Å². The standard InChI is InChI=1S/C11H12N6O2S/c1-2-5-17-10(18)13-14-11(17)20-7-4-3-6(12)8-9(7)16-19-15-8/h3-4H,2,5,12H2,1H3,(H,13,18). The van der Waals surface area contributed by atoms with Crippen LogP contribution in [0.3, 0.4) is 0 Å². The third-order valence-corrected chi connectivity index (χ3v) is 3.82. The highest BCUT2D eigenvalue weighted by molar-refractivity contribution is 7.99. The molecule has 2 aromatic heterocycles. The van der Waals surface area contributed by atoms with E-state index in [9.17, 15) is 4.79 Å². The van der Waals surface area contributed by atoms with Gasteiger partial charge in [0.25, 0.3) is 0 Å². The van der Waals surface area contributed by atoms with Crippen LogP contribution in [0.15, 0.2) is 31.6 Å². The van der Waals surface area contributed by atoms with Crippen molar-refractivity contribution < 1.29 is 4.63 Å². The molecule has 0 atom stereocenters. The van der Waals surface area contributed by atoms with Gasteiger partial charge in [0.15, 0.2) is 16.2 Å². The second kappa shape index (κ2) is 5.00. The Bertz CT molecular complexity index is 805. The van der Waals surface area contributed by atoms with Gasteiger partial charge in [-0.2, -0.15) is 0 Å². The van der Waals surface area contributed by atoms with Gasteiger partial charge < -0.3 is 5.73 Å². The molecule has 2 heterocycles. The number of hydrogen-bond donors (Lipinski definition) is 2. The second-order valence-electron chi connectivity index (χ2n) is 4.18. The van der Waals surface area contributed by atoms with Crippen LogP contribution in [0.2, 0.25) is 0 Å². The van der Waals surface area contributed by atoms with Crippen molar-refractivity contribution in [2.75, 3.05) is 5.73 Å². The highest BCUT2D eigenvalue weighted by Crippen LogP contribution is 2.32. The molecule has 0 aliphatic heterocycles. The number of hydrogen-bond acceptors (Lipinski definition) is 7. The van der Waals surface area contributed by atoms with E-state index in [4.69, 9.17) is 10.4 Å². The first kappa shape index (κ1) is 12.7. The van der Waals surface area contributed by atoms with Crippen LogP contribution in [0.4, 0.5) is 5.69 Å². The summed E-state index contributed by atoms with van der Waals surface area (Å²) in [4.78, 5) is 12.4. The average Bonchev–Trinajstić information content (AvgIpc) is 3.04. The van der Waals surface area contributed by atoms with Gasteiger partial charge in [0, 0.05) is 11.4 Å². The summed E-state index contributed by atoms with van der Waals surface area (Å²) in [6.45, 7) is 2.60. The van der Waals surface area contributed by atoms with Crippen LogP contribution in [0.1, 0.15) is 13.3 Å². The Morgan fingerprint density at radius 1 is 1.40 bits per heavy atom. The first-order valence-corrected chi connectivity index (χ1v) is 6.86. The molecule has 0 radical (unpaired) electrons. The molecule has 0 unspecified atom stereocenters. The molecule has 0 bridgehead atoms. The van der Waals surface area contributed by atoms with Crippen LogP contribution in [0.25, 0.3) is 11.0 Å². The minimum atomic E-state index is -0.223. The topological polar surface area (TPSA) is 116 Å². The molecule has 0 saturated heterocycles. The summed E-state index contributed by atoms with van der Waals surface area (Å²) in [6.07, 6.45) is 0.843. The molecule has 0 amide bonds. The van der Waals surface area contributed by atoms with Gasteiger partial charge in [-0.05, 0) is 40.6 Å². The average molecular weight is 292 g/mol. The molecular weight excluding hydrogens is 280 g/mol. The number of nitrogens with zero attached hydrogens (tertiary/aromatic N) is 4. The van der Waals surface area contributed by atoms with Gasteiger partial charge in [0.05, 0.1) is 5.69 Å². The SMILES string of the molecule is CCCn1c(Sc2ccc(N)c3nonc23)n[nH]c1=O.